The first-order chi connectivity index (χ1) is 22.5. The highest BCUT2D eigenvalue weighted by atomic mass is 16.2. The number of aromatic amines is 2. The molecule has 2 saturated heterocycles. The number of carbonyl (C=O) groups excluding carboxylic acids is 2. The minimum absolute atomic E-state index is 0.0174. The van der Waals surface area contributed by atoms with Gasteiger partial charge in [-0.25, -0.2) is 9.97 Å². The minimum Gasteiger partial charge on any atom is -0.347 e. The molecule has 0 aromatic carbocycles. The summed E-state index contributed by atoms with van der Waals surface area (Å²) >= 11 is 0. The SMILES string of the molecule is CC(C)C(NC=O)C(=O)N1CCCC1c1ncc(C2=CC=C(C3=CC=C(c4cnc(C5CCCN5)[nH]4)CC3)C3C2CC2CCC23)[nH]1. The maximum absolute atomic E-state index is 13.5. The maximum atomic E-state index is 13.5. The molecular formula is C37H47N7O2. The quantitative estimate of drug-likeness (QED) is 0.265. The molecule has 2 aliphatic heterocycles. The van der Waals surface area contributed by atoms with Gasteiger partial charge in [-0.05, 0) is 116 Å². The van der Waals surface area contributed by atoms with Crippen LogP contribution < -0.4 is 10.6 Å². The number of carbonyl (C=O) groups is 2. The molecule has 7 unspecified atom stereocenters. The van der Waals surface area contributed by atoms with Crippen molar-refractivity contribution in [2.75, 3.05) is 13.1 Å². The fourth-order valence-electron chi connectivity index (χ4n) is 9.39. The zero-order valence-corrected chi connectivity index (χ0v) is 27.1. The second kappa shape index (κ2) is 12.1. The second-order valence-electron chi connectivity index (χ2n) is 14.7. The van der Waals surface area contributed by atoms with Crippen molar-refractivity contribution >= 4 is 23.5 Å². The monoisotopic (exact) mass is 621 g/mol. The van der Waals surface area contributed by atoms with Crippen molar-refractivity contribution in [1.82, 2.24) is 35.5 Å². The average Bonchev–Trinajstić information content (AvgIpc) is 3.89. The molecule has 4 heterocycles. The zero-order chi connectivity index (χ0) is 31.4. The third-order valence-electron chi connectivity index (χ3n) is 11.9. The third kappa shape index (κ3) is 5.11. The molecule has 2 amide bonds. The second-order valence-corrected chi connectivity index (χ2v) is 14.7. The molecule has 6 aliphatic rings. The Kier molecular flexibility index (Phi) is 7.83. The first kappa shape index (κ1) is 29.7. The van der Waals surface area contributed by atoms with E-state index in [0.717, 1.165) is 73.5 Å². The number of hydrogen-bond donors (Lipinski definition) is 4. The van der Waals surface area contributed by atoms with E-state index in [1.807, 2.05) is 31.1 Å². The molecule has 4 aliphatic carbocycles. The van der Waals surface area contributed by atoms with Crippen LogP contribution in [0.3, 0.4) is 0 Å². The van der Waals surface area contributed by atoms with E-state index in [-0.39, 0.29) is 17.9 Å². The Labute approximate surface area is 271 Å². The maximum Gasteiger partial charge on any atom is 0.246 e. The van der Waals surface area contributed by atoms with Crippen LogP contribution in [0.15, 0.2) is 47.8 Å². The van der Waals surface area contributed by atoms with Crippen molar-refractivity contribution in [3.05, 3.63) is 70.9 Å². The van der Waals surface area contributed by atoms with Crippen LogP contribution in [-0.2, 0) is 9.59 Å². The number of likely N-dealkylation sites (tertiary alicyclic amines) is 1. The number of nitrogens with one attached hydrogen (secondary N) is 4. The van der Waals surface area contributed by atoms with Gasteiger partial charge in [0.05, 0.1) is 35.9 Å². The lowest BCUT2D eigenvalue weighted by molar-refractivity contribution is -0.137. The fraction of sp³-hybridized carbons (Fsp3) is 0.568. The highest BCUT2D eigenvalue weighted by molar-refractivity contribution is 5.84. The standard InChI is InChI=1S/C37H47N7O2/c1-21(2)34(41-20-45)37(46)44-16-4-6-32(44)36-40-19-31(43-36)27-14-13-25(33-26-12-11-24(26)17-28(27)33)22-7-9-23(10-8-22)30-18-39-35(42-30)29-5-3-15-38-29/h7,9,13-14,18-21,24,26,28-29,32-34,38H,3-6,8,10-12,15-17H2,1-2H3,(H,39,42)(H,40,43)(H,41,45). The van der Waals surface area contributed by atoms with Gasteiger partial charge < -0.3 is 25.5 Å². The van der Waals surface area contributed by atoms with E-state index in [0.29, 0.717) is 30.8 Å². The van der Waals surface area contributed by atoms with Crippen LogP contribution in [-0.4, -0.2) is 56.3 Å². The summed E-state index contributed by atoms with van der Waals surface area (Å²) in [6.07, 6.45) is 24.3. The first-order valence-electron chi connectivity index (χ1n) is 17.7. The van der Waals surface area contributed by atoms with Crippen molar-refractivity contribution in [2.24, 2.45) is 29.6 Å². The van der Waals surface area contributed by atoms with Crippen molar-refractivity contribution in [3.8, 4) is 0 Å². The Bertz CT molecular complexity index is 1620. The zero-order valence-electron chi connectivity index (χ0n) is 27.1. The number of nitrogens with zero attached hydrogens (tertiary/aromatic N) is 3. The van der Waals surface area contributed by atoms with Crippen LogP contribution in [0, 0.1) is 29.6 Å². The summed E-state index contributed by atoms with van der Waals surface area (Å²) in [7, 11) is 0. The van der Waals surface area contributed by atoms with Gasteiger partial charge in [-0.15, -0.1) is 0 Å². The number of aromatic nitrogens is 4. The van der Waals surface area contributed by atoms with E-state index in [1.54, 1.807) is 5.57 Å². The van der Waals surface area contributed by atoms with Gasteiger partial charge in [0.15, 0.2) is 0 Å². The molecule has 7 atom stereocenters. The predicted octanol–water partition coefficient (Wildman–Crippen LogP) is 5.78. The van der Waals surface area contributed by atoms with E-state index >= 15 is 0 Å². The molecule has 0 bridgehead atoms. The lowest BCUT2D eigenvalue weighted by atomic mass is 9.66. The summed E-state index contributed by atoms with van der Waals surface area (Å²) in [5, 5.41) is 6.30. The van der Waals surface area contributed by atoms with Gasteiger partial charge >= 0.3 is 0 Å². The molecular weight excluding hydrogens is 574 g/mol. The van der Waals surface area contributed by atoms with E-state index in [1.165, 1.54) is 42.4 Å². The molecule has 242 valence electrons. The molecule has 4 N–H and O–H groups in total. The molecule has 4 fully saturated rings. The normalized spacial score (nSPS) is 31.0. The van der Waals surface area contributed by atoms with Crippen LogP contribution in [0.4, 0.5) is 0 Å². The number of hydrogen-bond acceptors (Lipinski definition) is 5. The Morgan fingerprint density at radius 1 is 0.935 bits per heavy atom. The Morgan fingerprint density at radius 2 is 1.72 bits per heavy atom. The summed E-state index contributed by atoms with van der Waals surface area (Å²) in [4.78, 5) is 43.5. The van der Waals surface area contributed by atoms with Gasteiger partial charge in [-0.1, -0.05) is 38.2 Å². The minimum atomic E-state index is -0.516. The third-order valence-corrected chi connectivity index (χ3v) is 11.9. The van der Waals surface area contributed by atoms with Crippen LogP contribution in [0.25, 0.3) is 11.1 Å². The van der Waals surface area contributed by atoms with Gasteiger partial charge in [0.25, 0.3) is 0 Å². The highest BCUT2D eigenvalue weighted by Crippen LogP contribution is 2.61. The average molecular weight is 622 g/mol. The molecule has 9 nitrogen and oxygen atoms in total. The lowest BCUT2D eigenvalue weighted by Gasteiger charge is -2.38. The number of allylic oxidation sites excluding steroid dienone is 8. The van der Waals surface area contributed by atoms with Gasteiger partial charge in [0.1, 0.15) is 17.7 Å². The van der Waals surface area contributed by atoms with Gasteiger partial charge in [-0.2, -0.15) is 0 Å². The number of amides is 2. The van der Waals surface area contributed by atoms with Crippen molar-refractivity contribution in [1.29, 1.82) is 0 Å². The van der Waals surface area contributed by atoms with Crippen LogP contribution >= 0.6 is 0 Å². The fourth-order valence-corrected chi connectivity index (χ4v) is 9.39. The Hall–Kier alpha value is -3.72. The smallest absolute Gasteiger partial charge is 0.246 e. The van der Waals surface area contributed by atoms with E-state index in [9.17, 15) is 9.59 Å². The Balaban J connectivity index is 1.04. The number of H-pyrrole nitrogens is 2. The van der Waals surface area contributed by atoms with E-state index < -0.39 is 6.04 Å². The number of imidazole rings is 2. The topological polar surface area (TPSA) is 119 Å². The van der Waals surface area contributed by atoms with E-state index in [4.69, 9.17) is 9.97 Å². The molecule has 46 heavy (non-hydrogen) atoms. The van der Waals surface area contributed by atoms with Crippen LogP contribution in [0.1, 0.15) is 107 Å². The number of rotatable bonds is 9. The summed E-state index contributed by atoms with van der Waals surface area (Å²) in [6, 6.07) is -0.241. The van der Waals surface area contributed by atoms with Crippen LogP contribution in [0.5, 0.6) is 0 Å². The summed E-state index contributed by atoms with van der Waals surface area (Å²) < 4.78 is 0. The highest BCUT2D eigenvalue weighted by Gasteiger charge is 2.52. The summed E-state index contributed by atoms with van der Waals surface area (Å²) in [5.41, 5.74) is 8.02. The Morgan fingerprint density at radius 3 is 2.46 bits per heavy atom. The predicted molar refractivity (Wildman–Crippen MR) is 178 cm³/mol. The molecule has 2 aromatic heterocycles. The molecule has 2 saturated carbocycles. The molecule has 9 heteroatoms. The largest absolute Gasteiger partial charge is 0.347 e. The molecule has 0 spiro atoms. The van der Waals surface area contributed by atoms with Gasteiger partial charge in [0.2, 0.25) is 12.3 Å². The van der Waals surface area contributed by atoms with Gasteiger partial charge in [-0.3, -0.25) is 9.59 Å². The molecule has 2 aromatic rings. The molecule has 0 radical (unpaired) electrons. The number of fused-ring (bicyclic) bond motifs is 3. The van der Waals surface area contributed by atoms with Gasteiger partial charge in [0, 0.05) is 6.54 Å². The first-order valence-corrected chi connectivity index (χ1v) is 17.7. The van der Waals surface area contributed by atoms with Crippen LogP contribution in [0.2, 0.25) is 0 Å². The van der Waals surface area contributed by atoms with Crippen molar-refractivity contribution < 1.29 is 9.59 Å². The van der Waals surface area contributed by atoms with Crippen molar-refractivity contribution in [3.63, 3.8) is 0 Å². The van der Waals surface area contributed by atoms with E-state index in [2.05, 4.69) is 44.9 Å². The molecule has 8 rings (SSSR count). The summed E-state index contributed by atoms with van der Waals surface area (Å²) in [6.45, 7) is 5.71. The van der Waals surface area contributed by atoms with Crippen molar-refractivity contribution in [2.45, 2.75) is 89.8 Å². The lowest BCUT2D eigenvalue weighted by Crippen LogP contribution is -2.48. The summed E-state index contributed by atoms with van der Waals surface area (Å²) in [5.74, 6) is 4.57.